The minimum absolute atomic E-state index is 0.196. The van der Waals surface area contributed by atoms with E-state index in [0.717, 1.165) is 16.4 Å². The number of nitrogens with one attached hydrogen (secondary N) is 1. The van der Waals surface area contributed by atoms with Gasteiger partial charge in [-0.2, -0.15) is 5.10 Å². The van der Waals surface area contributed by atoms with Crippen molar-refractivity contribution in [1.82, 2.24) is 4.98 Å². The standard InChI is InChI=1S/C15H18N4O3S/c1-3-21-13-6-11(4-5-12(13)22-8-14(16)20)7-17-19-15-18-10(2)9-23-15/h4-7,9H,3,8H2,1-2H3,(H2,16,20)(H,18,19). The number of anilines is 1. The van der Waals surface area contributed by atoms with Gasteiger partial charge in [0.1, 0.15) is 0 Å². The summed E-state index contributed by atoms with van der Waals surface area (Å²) in [5.74, 6) is 0.454. The van der Waals surface area contributed by atoms with E-state index in [4.69, 9.17) is 15.2 Å². The summed E-state index contributed by atoms with van der Waals surface area (Å²) in [5, 5.41) is 6.80. The molecule has 0 radical (unpaired) electrons. The second kappa shape index (κ2) is 8.14. The molecule has 122 valence electrons. The van der Waals surface area contributed by atoms with E-state index in [1.54, 1.807) is 24.4 Å². The Kier molecular flexibility index (Phi) is 5.93. The van der Waals surface area contributed by atoms with Crippen molar-refractivity contribution < 1.29 is 14.3 Å². The molecule has 0 unspecified atom stereocenters. The first-order chi connectivity index (χ1) is 11.1. The van der Waals surface area contributed by atoms with Crippen LogP contribution in [0.3, 0.4) is 0 Å². The van der Waals surface area contributed by atoms with Gasteiger partial charge in [-0.1, -0.05) is 0 Å². The Morgan fingerprint density at radius 2 is 2.26 bits per heavy atom. The Morgan fingerprint density at radius 3 is 2.91 bits per heavy atom. The number of benzene rings is 1. The van der Waals surface area contributed by atoms with Crippen molar-refractivity contribution in [1.29, 1.82) is 0 Å². The molecule has 8 heteroatoms. The second-order valence-corrected chi connectivity index (χ2v) is 5.42. The van der Waals surface area contributed by atoms with Crippen LogP contribution in [0.5, 0.6) is 11.5 Å². The van der Waals surface area contributed by atoms with Gasteiger partial charge in [0.2, 0.25) is 5.13 Å². The lowest BCUT2D eigenvalue weighted by Gasteiger charge is -2.11. The van der Waals surface area contributed by atoms with Crippen LogP contribution in [0.15, 0.2) is 28.7 Å². The van der Waals surface area contributed by atoms with Crippen molar-refractivity contribution >= 4 is 28.6 Å². The fourth-order valence-corrected chi connectivity index (χ4v) is 2.35. The molecule has 7 nitrogen and oxygen atoms in total. The molecule has 0 saturated heterocycles. The molecule has 2 aromatic rings. The number of nitrogens with two attached hydrogens (primary N) is 1. The molecule has 0 aliphatic rings. The van der Waals surface area contributed by atoms with Gasteiger partial charge < -0.3 is 15.2 Å². The fraction of sp³-hybridized carbons (Fsp3) is 0.267. The smallest absolute Gasteiger partial charge is 0.255 e. The van der Waals surface area contributed by atoms with Crippen LogP contribution in [0.2, 0.25) is 0 Å². The first-order valence-electron chi connectivity index (χ1n) is 6.97. The Morgan fingerprint density at radius 1 is 1.43 bits per heavy atom. The lowest BCUT2D eigenvalue weighted by Crippen LogP contribution is -2.20. The quantitative estimate of drug-likeness (QED) is 0.569. The van der Waals surface area contributed by atoms with Crippen molar-refractivity contribution in [2.24, 2.45) is 10.8 Å². The Bertz CT molecular complexity index is 700. The third-order valence-electron chi connectivity index (χ3n) is 2.63. The highest BCUT2D eigenvalue weighted by Gasteiger charge is 2.07. The molecule has 23 heavy (non-hydrogen) atoms. The molecular weight excluding hydrogens is 316 g/mol. The van der Waals surface area contributed by atoms with Gasteiger partial charge >= 0.3 is 0 Å². The molecule has 2 rings (SSSR count). The van der Waals surface area contributed by atoms with Crippen LogP contribution in [-0.2, 0) is 4.79 Å². The van der Waals surface area contributed by atoms with E-state index < -0.39 is 5.91 Å². The van der Waals surface area contributed by atoms with E-state index in [1.165, 1.54) is 11.3 Å². The molecule has 1 heterocycles. The number of aromatic nitrogens is 1. The number of thiazole rings is 1. The summed E-state index contributed by atoms with van der Waals surface area (Å²) < 4.78 is 10.8. The number of primary amides is 1. The average Bonchev–Trinajstić information content (AvgIpc) is 2.92. The van der Waals surface area contributed by atoms with Crippen LogP contribution in [-0.4, -0.2) is 30.3 Å². The number of aryl methyl sites for hydroxylation is 1. The summed E-state index contributed by atoms with van der Waals surface area (Å²) in [4.78, 5) is 15.1. The molecule has 3 N–H and O–H groups in total. The van der Waals surface area contributed by atoms with Gasteiger partial charge in [0.15, 0.2) is 18.1 Å². The van der Waals surface area contributed by atoms with Crippen LogP contribution in [0, 0.1) is 6.92 Å². The van der Waals surface area contributed by atoms with Crippen molar-refractivity contribution in [3.63, 3.8) is 0 Å². The molecule has 1 amide bonds. The zero-order valence-electron chi connectivity index (χ0n) is 12.9. The van der Waals surface area contributed by atoms with E-state index in [0.29, 0.717) is 18.1 Å². The highest BCUT2D eigenvalue weighted by molar-refractivity contribution is 7.13. The number of carbonyl (C=O) groups is 1. The number of hydrogen-bond donors (Lipinski definition) is 2. The fourth-order valence-electron chi connectivity index (χ4n) is 1.71. The number of amides is 1. The van der Waals surface area contributed by atoms with Gasteiger partial charge in [-0.05, 0) is 37.6 Å². The maximum Gasteiger partial charge on any atom is 0.255 e. The molecule has 1 aromatic heterocycles. The van der Waals surface area contributed by atoms with Crippen LogP contribution in [0.4, 0.5) is 5.13 Å². The zero-order valence-corrected chi connectivity index (χ0v) is 13.7. The zero-order chi connectivity index (χ0) is 16.7. The number of rotatable bonds is 8. The number of ether oxygens (including phenoxy) is 2. The number of hydrogen-bond acceptors (Lipinski definition) is 7. The number of hydrazone groups is 1. The van der Waals surface area contributed by atoms with E-state index >= 15 is 0 Å². The van der Waals surface area contributed by atoms with E-state index in [-0.39, 0.29) is 6.61 Å². The predicted molar refractivity (Wildman–Crippen MR) is 90.4 cm³/mol. The molecule has 0 bridgehead atoms. The van der Waals surface area contributed by atoms with Crippen molar-refractivity contribution in [3.8, 4) is 11.5 Å². The normalized spacial score (nSPS) is 10.7. The lowest BCUT2D eigenvalue weighted by atomic mass is 10.2. The second-order valence-electron chi connectivity index (χ2n) is 4.56. The summed E-state index contributed by atoms with van der Waals surface area (Å²) in [6.07, 6.45) is 1.65. The lowest BCUT2D eigenvalue weighted by molar-refractivity contribution is -0.119. The van der Waals surface area contributed by atoms with Gasteiger partial charge in [0.25, 0.3) is 5.91 Å². The molecule has 0 spiro atoms. The van der Waals surface area contributed by atoms with E-state index in [2.05, 4.69) is 15.5 Å². The van der Waals surface area contributed by atoms with Crippen LogP contribution in [0.1, 0.15) is 18.2 Å². The summed E-state index contributed by atoms with van der Waals surface area (Å²) >= 11 is 1.48. The topological polar surface area (TPSA) is 98.8 Å². The first-order valence-corrected chi connectivity index (χ1v) is 7.85. The monoisotopic (exact) mass is 334 g/mol. The highest BCUT2D eigenvalue weighted by atomic mass is 32.1. The minimum Gasteiger partial charge on any atom is -0.490 e. The van der Waals surface area contributed by atoms with Gasteiger partial charge in [0.05, 0.1) is 18.5 Å². The highest BCUT2D eigenvalue weighted by Crippen LogP contribution is 2.28. The maximum atomic E-state index is 10.8. The average molecular weight is 334 g/mol. The third kappa shape index (κ3) is 5.26. The van der Waals surface area contributed by atoms with Crippen LogP contribution >= 0.6 is 11.3 Å². The predicted octanol–water partition coefficient (Wildman–Crippen LogP) is 2.16. The van der Waals surface area contributed by atoms with Crippen LogP contribution in [0.25, 0.3) is 0 Å². The molecule has 0 saturated carbocycles. The Balaban J connectivity index is 2.06. The molecule has 0 aliphatic heterocycles. The molecular formula is C15H18N4O3S. The molecule has 0 aliphatic carbocycles. The summed E-state index contributed by atoms with van der Waals surface area (Å²) in [7, 11) is 0. The maximum absolute atomic E-state index is 10.8. The van der Waals surface area contributed by atoms with Gasteiger partial charge in [0, 0.05) is 5.38 Å². The first kappa shape index (κ1) is 16.8. The van der Waals surface area contributed by atoms with Crippen LogP contribution < -0.4 is 20.6 Å². The van der Waals surface area contributed by atoms with Gasteiger partial charge in [-0.25, -0.2) is 4.98 Å². The third-order valence-corrected chi connectivity index (χ3v) is 3.50. The molecule has 1 aromatic carbocycles. The van der Waals surface area contributed by atoms with Crippen molar-refractivity contribution in [2.75, 3.05) is 18.6 Å². The summed E-state index contributed by atoms with van der Waals surface area (Å²) in [5.41, 5.74) is 9.71. The summed E-state index contributed by atoms with van der Waals surface area (Å²) in [6.45, 7) is 4.07. The molecule has 0 atom stereocenters. The number of nitrogens with zero attached hydrogens (tertiary/aromatic N) is 2. The minimum atomic E-state index is -0.541. The molecule has 0 fully saturated rings. The summed E-state index contributed by atoms with van der Waals surface area (Å²) in [6, 6.07) is 5.29. The van der Waals surface area contributed by atoms with Gasteiger partial charge in [-0.15, -0.1) is 11.3 Å². The Hall–Kier alpha value is -2.61. The van der Waals surface area contributed by atoms with E-state index in [9.17, 15) is 4.79 Å². The van der Waals surface area contributed by atoms with E-state index in [1.807, 2.05) is 19.2 Å². The van der Waals surface area contributed by atoms with Crippen molar-refractivity contribution in [3.05, 3.63) is 34.8 Å². The van der Waals surface area contributed by atoms with Crippen molar-refractivity contribution in [2.45, 2.75) is 13.8 Å². The Labute approximate surface area is 138 Å². The SMILES string of the molecule is CCOc1cc(C=NNc2nc(C)cs2)ccc1OCC(N)=O. The number of carbonyl (C=O) groups excluding carboxylic acids is 1. The van der Waals surface area contributed by atoms with Gasteiger partial charge in [-0.3, -0.25) is 10.2 Å². The largest absolute Gasteiger partial charge is 0.490 e.